The summed E-state index contributed by atoms with van der Waals surface area (Å²) in [5.74, 6) is 1.15. The number of benzene rings is 3. The third-order valence-corrected chi connectivity index (χ3v) is 4.93. The number of methoxy groups -OCH3 is 1. The van der Waals surface area contributed by atoms with Gasteiger partial charge < -0.3 is 14.8 Å². The van der Waals surface area contributed by atoms with Gasteiger partial charge in [0.1, 0.15) is 11.5 Å². The van der Waals surface area contributed by atoms with Crippen molar-refractivity contribution in [3.05, 3.63) is 84.6 Å². The molecule has 4 rings (SSSR count). The molecule has 1 N–H and O–H groups in total. The van der Waals surface area contributed by atoms with Crippen molar-refractivity contribution in [2.24, 2.45) is 0 Å². The summed E-state index contributed by atoms with van der Waals surface area (Å²) in [6, 6.07) is 22.8. The van der Waals surface area contributed by atoms with Gasteiger partial charge in [-0.05, 0) is 49.4 Å². The van der Waals surface area contributed by atoms with Crippen molar-refractivity contribution in [2.75, 3.05) is 7.11 Å². The molecule has 156 valence electrons. The maximum absolute atomic E-state index is 12.4. The van der Waals surface area contributed by atoms with Gasteiger partial charge in [-0.2, -0.15) is 0 Å². The average Bonchev–Trinajstić information content (AvgIpc) is 2.82. The fourth-order valence-electron chi connectivity index (χ4n) is 3.23. The lowest BCUT2D eigenvalue weighted by Crippen LogP contribution is -2.35. The Balaban J connectivity index is 1.38. The van der Waals surface area contributed by atoms with Crippen molar-refractivity contribution in [2.45, 2.75) is 19.6 Å². The van der Waals surface area contributed by atoms with E-state index in [2.05, 4.69) is 15.3 Å². The van der Waals surface area contributed by atoms with Crippen LogP contribution in [0.3, 0.4) is 0 Å². The molecule has 0 bridgehead atoms. The summed E-state index contributed by atoms with van der Waals surface area (Å²) < 4.78 is 11.1. The molecule has 6 heteroatoms. The van der Waals surface area contributed by atoms with Crippen molar-refractivity contribution in [1.82, 2.24) is 15.3 Å². The first-order valence-corrected chi connectivity index (χ1v) is 10.0. The average molecular weight is 413 g/mol. The minimum absolute atomic E-state index is 0.199. The summed E-state index contributed by atoms with van der Waals surface area (Å²) in [4.78, 5) is 21.5. The van der Waals surface area contributed by atoms with Gasteiger partial charge in [-0.3, -0.25) is 9.78 Å². The van der Waals surface area contributed by atoms with E-state index in [0.717, 1.165) is 33.6 Å². The highest BCUT2D eigenvalue weighted by Crippen LogP contribution is 2.23. The highest BCUT2D eigenvalue weighted by molar-refractivity contribution is 5.81. The molecule has 0 fully saturated rings. The smallest absolute Gasteiger partial charge is 0.261 e. The normalized spacial score (nSPS) is 11.7. The molecule has 0 radical (unpaired) electrons. The molecule has 0 aliphatic heterocycles. The maximum Gasteiger partial charge on any atom is 0.261 e. The Hall–Kier alpha value is -3.93. The van der Waals surface area contributed by atoms with Crippen LogP contribution in [0.5, 0.6) is 11.5 Å². The van der Waals surface area contributed by atoms with Crippen LogP contribution in [0.4, 0.5) is 0 Å². The molecule has 1 heterocycles. The lowest BCUT2D eigenvalue weighted by Gasteiger charge is -2.16. The number of ether oxygens (including phenoxy) is 2. The fourth-order valence-corrected chi connectivity index (χ4v) is 3.23. The summed E-state index contributed by atoms with van der Waals surface area (Å²) in [7, 11) is 1.61. The molecule has 0 saturated carbocycles. The number of aromatic nitrogens is 2. The predicted octanol–water partition coefficient (Wildman–Crippen LogP) is 4.39. The van der Waals surface area contributed by atoms with E-state index in [1.807, 2.05) is 72.8 Å². The lowest BCUT2D eigenvalue weighted by molar-refractivity contribution is -0.127. The largest absolute Gasteiger partial charge is 0.496 e. The van der Waals surface area contributed by atoms with Gasteiger partial charge in [0.15, 0.2) is 6.10 Å². The monoisotopic (exact) mass is 413 g/mol. The Labute approximate surface area is 180 Å². The number of amides is 1. The van der Waals surface area contributed by atoms with Crippen molar-refractivity contribution in [3.8, 4) is 22.8 Å². The van der Waals surface area contributed by atoms with Crippen LogP contribution in [0.25, 0.3) is 22.3 Å². The first-order chi connectivity index (χ1) is 15.1. The molecule has 1 aromatic heterocycles. The number of rotatable bonds is 7. The molecule has 0 saturated heterocycles. The van der Waals surface area contributed by atoms with Crippen LogP contribution in [0.1, 0.15) is 12.5 Å². The number of para-hydroxylation sites is 3. The third-order valence-electron chi connectivity index (χ3n) is 4.93. The molecule has 0 spiro atoms. The SMILES string of the molecule is COc1ccccc1CNC(=O)[C@@H](C)Oc1ccc(-c2cnc3ccccc3n2)cc1. The Morgan fingerprint density at radius 1 is 0.968 bits per heavy atom. The second-order valence-corrected chi connectivity index (χ2v) is 7.06. The van der Waals surface area contributed by atoms with Crippen LogP contribution in [0, 0.1) is 0 Å². The summed E-state index contributed by atoms with van der Waals surface area (Å²) in [6.45, 7) is 2.09. The Morgan fingerprint density at radius 3 is 2.45 bits per heavy atom. The van der Waals surface area contributed by atoms with Crippen molar-refractivity contribution >= 4 is 16.9 Å². The number of carbonyl (C=O) groups is 1. The molecule has 0 aliphatic carbocycles. The zero-order valence-corrected chi connectivity index (χ0v) is 17.4. The number of hydrogen-bond acceptors (Lipinski definition) is 5. The van der Waals surface area contributed by atoms with E-state index in [0.29, 0.717) is 12.3 Å². The van der Waals surface area contributed by atoms with Gasteiger partial charge in [-0.1, -0.05) is 30.3 Å². The quantitative estimate of drug-likeness (QED) is 0.486. The molecule has 1 amide bonds. The topological polar surface area (TPSA) is 73.3 Å². The second kappa shape index (κ2) is 9.26. The van der Waals surface area contributed by atoms with E-state index in [-0.39, 0.29) is 5.91 Å². The van der Waals surface area contributed by atoms with Crippen LogP contribution in [0.15, 0.2) is 79.0 Å². The summed E-state index contributed by atoms with van der Waals surface area (Å²) in [6.07, 6.45) is 1.12. The van der Waals surface area contributed by atoms with Gasteiger partial charge in [0.05, 0.1) is 30.0 Å². The van der Waals surface area contributed by atoms with E-state index in [1.165, 1.54) is 0 Å². The standard InChI is InChI=1S/C25H23N3O3/c1-17(25(29)27-15-19-7-3-6-10-24(19)30-2)31-20-13-11-18(12-14-20)23-16-26-21-8-4-5-9-22(21)28-23/h3-14,16-17H,15H2,1-2H3,(H,27,29)/t17-/m1/s1. The minimum atomic E-state index is -0.638. The first kappa shape index (κ1) is 20.3. The van der Waals surface area contributed by atoms with Gasteiger partial charge in [-0.25, -0.2) is 4.98 Å². The molecule has 1 atom stereocenters. The fraction of sp³-hybridized carbons (Fsp3) is 0.160. The Bertz CT molecular complexity index is 1190. The molecule has 0 unspecified atom stereocenters. The van der Waals surface area contributed by atoms with E-state index in [1.54, 1.807) is 20.2 Å². The van der Waals surface area contributed by atoms with Gasteiger partial charge in [0, 0.05) is 17.7 Å². The Kier molecular flexibility index (Phi) is 6.08. The lowest BCUT2D eigenvalue weighted by atomic mass is 10.1. The van der Waals surface area contributed by atoms with Crippen molar-refractivity contribution < 1.29 is 14.3 Å². The van der Waals surface area contributed by atoms with Crippen molar-refractivity contribution in [1.29, 1.82) is 0 Å². The maximum atomic E-state index is 12.4. The van der Waals surface area contributed by atoms with Crippen molar-refractivity contribution in [3.63, 3.8) is 0 Å². The second-order valence-electron chi connectivity index (χ2n) is 7.06. The summed E-state index contributed by atoms with van der Waals surface area (Å²) >= 11 is 0. The molecule has 3 aromatic carbocycles. The molecule has 0 aliphatic rings. The third kappa shape index (κ3) is 4.80. The molecule has 31 heavy (non-hydrogen) atoms. The van der Waals surface area contributed by atoms with Gasteiger partial charge >= 0.3 is 0 Å². The highest BCUT2D eigenvalue weighted by atomic mass is 16.5. The highest BCUT2D eigenvalue weighted by Gasteiger charge is 2.15. The molecular weight excluding hydrogens is 390 g/mol. The van der Waals surface area contributed by atoms with Crippen LogP contribution in [-0.4, -0.2) is 29.1 Å². The van der Waals surface area contributed by atoms with E-state index >= 15 is 0 Å². The van der Waals surface area contributed by atoms with Gasteiger partial charge in [0.25, 0.3) is 5.91 Å². The van der Waals surface area contributed by atoms with Crippen LogP contribution in [-0.2, 0) is 11.3 Å². The van der Waals surface area contributed by atoms with Crippen LogP contribution < -0.4 is 14.8 Å². The van der Waals surface area contributed by atoms with Gasteiger partial charge in [-0.15, -0.1) is 0 Å². The summed E-state index contributed by atoms with van der Waals surface area (Å²) in [5.41, 5.74) is 4.33. The first-order valence-electron chi connectivity index (χ1n) is 10.0. The van der Waals surface area contributed by atoms with E-state index < -0.39 is 6.10 Å². The number of fused-ring (bicyclic) bond motifs is 1. The number of nitrogens with one attached hydrogen (secondary N) is 1. The van der Waals surface area contributed by atoms with Crippen LogP contribution in [0.2, 0.25) is 0 Å². The van der Waals surface area contributed by atoms with E-state index in [4.69, 9.17) is 9.47 Å². The van der Waals surface area contributed by atoms with E-state index in [9.17, 15) is 4.79 Å². The number of carbonyl (C=O) groups excluding carboxylic acids is 1. The zero-order chi connectivity index (χ0) is 21.6. The predicted molar refractivity (Wildman–Crippen MR) is 120 cm³/mol. The summed E-state index contributed by atoms with van der Waals surface area (Å²) in [5, 5.41) is 2.89. The number of hydrogen-bond donors (Lipinski definition) is 1. The number of nitrogens with zero attached hydrogens (tertiary/aromatic N) is 2. The molecule has 6 nitrogen and oxygen atoms in total. The van der Waals surface area contributed by atoms with Crippen LogP contribution >= 0.6 is 0 Å². The van der Waals surface area contributed by atoms with Gasteiger partial charge in [0.2, 0.25) is 0 Å². The minimum Gasteiger partial charge on any atom is -0.496 e. The zero-order valence-electron chi connectivity index (χ0n) is 17.4. The Morgan fingerprint density at radius 2 is 1.68 bits per heavy atom. The molecule has 4 aromatic rings. The molecular formula is C25H23N3O3.